The van der Waals surface area contributed by atoms with E-state index in [-0.39, 0.29) is 6.04 Å². The quantitative estimate of drug-likeness (QED) is 0.898. The van der Waals surface area contributed by atoms with E-state index in [1.807, 2.05) is 12.1 Å². The number of rotatable bonds is 5. The van der Waals surface area contributed by atoms with Crippen LogP contribution in [-0.4, -0.2) is 37.7 Å². The first-order chi connectivity index (χ1) is 9.67. The summed E-state index contributed by atoms with van der Waals surface area (Å²) >= 11 is 0. The van der Waals surface area contributed by atoms with Crippen LogP contribution in [0.15, 0.2) is 18.2 Å². The van der Waals surface area contributed by atoms with E-state index in [0.29, 0.717) is 6.04 Å². The van der Waals surface area contributed by atoms with Crippen molar-refractivity contribution in [3.8, 4) is 11.5 Å². The van der Waals surface area contributed by atoms with Crippen molar-refractivity contribution < 1.29 is 9.47 Å². The molecular formula is C16H26N2O2. The van der Waals surface area contributed by atoms with Gasteiger partial charge in [0.1, 0.15) is 0 Å². The summed E-state index contributed by atoms with van der Waals surface area (Å²) in [5.41, 5.74) is 7.31. The highest BCUT2D eigenvalue weighted by atomic mass is 16.5. The van der Waals surface area contributed by atoms with Crippen molar-refractivity contribution in [1.82, 2.24) is 4.90 Å². The molecule has 112 valence electrons. The predicted molar refractivity (Wildman–Crippen MR) is 81.2 cm³/mol. The molecular weight excluding hydrogens is 252 g/mol. The summed E-state index contributed by atoms with van der Waals surface area (Å²) in [6.45, 7) is 4.07. The fourth-order valence-corrected chi connectivity index (χ4v) is 3.11. The van der Waals surface area contributed by atoms with Gasteiger partial charge in [0.25, 0.3) is 0 Å². The molecule has 2 N–H and O–H groups in total. The zero-order valence-corrected chi connectivity index (χ0v) is 12.8. The highest BCUT2D eigenvalue weighted by Crippen LogP contribution is 2.33. The number of ether oxygens (including phenoxy) is 2. The zero-order valence-electron chi connectivity index (χ0n) is 12.8. The molecule has 1 fully saturated rings. The molecule has 2 atom stereocenters. The Bertz CT molecular complexity index is 434. The van der Waals surface area contributed by atoms with Gasteiger partial charge in [-0.3, -0.25) is 4.90 Å². The molecule has 0 saturated carbocycles. The van der Waals surface area contributed by atoms with Crippen LogP contribution >= 0.6 is 0 Å². The fraction of sp³-hybridized carbons (Fsp3) is 0.625. The molecule has 4 nitrogen and oxygen atoms in total. The van der Waals surface area contributed by atoms with Crippen molar-refractivity contribution in [2.24, 2.45) is 5.73 Å². The second-order valence-electron chi connectivity index (χ2n) is 5.55. The smallest absolute Gasteiger partial charge is 0.165 e. The topological polar surface area (TPSA) is 47.7 Å². The highest BCUT2D eigenvalue weighted by Gasteiger charge is 2.26. The standard InChI is InChI=1S/C16H26N2O2/c1-12(17)14-8-4-5-10-18(14)11-13-7-6-9-15(19-2)16(13)20-3/h6-7,9,12,14H,4-5,8,10-11,17H2,1-3H3. The molecule has 0 radical (unpaired) electrons. The second-order valence-corrected chi connectivity index (χ2v) is 5.55. The van der Waals surface area contributed by atoms with Crippen LogP contribution in [0.2, 0.25) is 0 Å². The zero-order chi connectivity index (χ0) is 14.5. The summed E-state index contributed by atoms with van der Waals surface area (Å²) in [4.78, 5) is 2.48. The molecule has 0 spiro atoms. The van der Waals surface area contributed by atoms with Gasteiger partial charge in [0.2, 0.25) is 0 Å². The van der Waals surface area contributed by atoms with Crippen molar-refractivity contribution in [2.45, 2.75) is 44.8 Å². The Morgan fingerprint density at radius 3 is 2.75 bits per heavy atom. The molecule has 0 bridgehead atoms. The van der Waals surface area contributed by atoms with Crippen molar-refractivity contribution in [3.05, 3.63) is 23.8 Å². The lowest BCUT2D eigenvalue weighted by Crippen LogP contribution is -2.48. The van der Waals surface area contributed by atoms with E-state index in [4.69, 9.17) is 15.2 Å². The van der Waals surface area contributed by atoms with E-state index in [1.54, 1.807) is 14.2 Å². The van der Waals surface area contributed by atoms with Gasteiger partial charge < -0.3 is 15.2 Å². The van der Waals surface area contributed by atoms with E-state index in [2.05, 4.69) is 17.9 Å². The molecule has 1 saturated heterocycles. The maximum absolute atomic E-state index is 6.14. The maximum Gasteiger partial charge on any atom is 0.165 e. The summed E-state index contributed by atoms with van der Waals surface area (Å²) in [6.07, 6.45) is 3.71. The predicted octanol–water partition coefficient (Wildman–Crippen LogP) is 2.41. The van der Waals surface area contributed by atoms with Gasteiger partial charge in [-0.25, -0.2) is 0 Å². The molecule has 1 aromatic rings. The van der Waals surface area contributed by atoms with Crippen molar-refractivity contribution in [3.63, 3.8) is 0 Å². The summed E-state index contributed by atoms with van der Waals surface area (Å²) in [5, 5.41) is 0. The normalized spacial score (nSPS) is 21.5. The summed E-state index contributed by atoms with van der Waals surface area (Å²) < 4.78 is 10.9. The Hall–Kier alpha value is -1.26. The average molecular weight is 278 g/mol. The minimum Gasteiger partial charge on any atom is -0.493 e. The third kappa shape index (κ3) is 3.25. The summed E-state index contributed by atoms with van der Waals surface area (Å²) in [5.74, 6) is 1.63. The monoisotopic (exact) mass is 278 g/mol. The van der Waals surface area contributed by atoms with Gasteiger partial charge >= 0.3 is 0 Å². The summed E-state index contributed by atoms with van der Waals surface area (Å²) in [6, 6.07) is 6.71. The number of para-hydroxylation sites is 1. The number of hydrogen-bond acceptors (Lipinski definition) is 4. The van der Waals surface area contributed by atoms with E-state index in [1.165, 1.54) is 24.8 Å². The molecule has 20 heavy (non-hydrogen) atoms. The maximum atomic E-state index is 6.14. The van der Waals surface area contributed by atoms with Gasteiger partial charge in [0.05, 0.1) is 14.2 Å². The van der Waals surface area contributed by atoms with Gasteiger partial charge in [-0.2, -0.15) is 0 Å². The van der Waals surface area contributed by atoms with Crippen LogP contribution < -0.4 is 15.2 Å². The number of nitrogens with two attached hydrogens (primary N) is 1. The number of hydrogen-bond donors (Lipinski definition) is 1. The third-order valence-electron chi connectivity index (χ3n) is 4.13. The minimum atomic E-state index is 0.201. The van der Waals surface area contributed by atoms with Crippen LogP contribution in [0, 0.1) is 0 Å². The molecule has 1 heterocycles. The van der Waals surface area contributed by atoms with Gasteiger partial charge in [-0.1, -0.05) is 18.6 Å². The molecule has 0 aliphatic carbocycles. The van der Waals surface area contributed by atoms with Crippen molar-refractivity contribution in [1.29, 1.82) is 0 Å². The fourth-order valence-electron chi connectivity index (χ4n) is 3.11. The first-order valence-electron chi connectivity index (χ1n) is 7.37. The largest absolute Gasteiger partial charge is 0.493 e. The van der Waals surface area contributed by atoms with Crippen LogP contribution in [0.1, 0.15) is 31.7 Å². The van der Waals surface area contributed by atoms with Crippen molar-refractivity contribution >= 4 is 0 Å². The molecule has 1 aromatic carbocycles. The SMILES string of the molecule is COc1cccc(CN2CCCCC2C(C)N)c1OC. The number of likely N-dealkylation sites (tertiary alicyclic amines) is 1. The van der Waals surface area contributed by atoms with Gasteiger partial charge in [0, 0.05) is 24.2 Å². The lowest BCUT2D eigenvalue weighted by atomic mass is 9.96. The number of benzene rings is 1. The Morgan fingerprint density at radius 2 is 2.10 bits per heavy atom. The third-order valence-corrected chi connectivity index (χ3v) is 4.13. The average Bonchev–Trinajstić information content (AvgIpc) is 2.47. The molecule has 2 unspecified atom stereocenters. The molecule has 0 amide bonds. The lowest BCUT2D eigenvalue weighted by Gasteiger charge is -2.38. The first kappa shape index (κ1) is 15.1. The van der Waals surface area contributed by atoms with Gasteiger partial charge in [-0.05, 0) is 32.4 Å². The van der Waals surface area contributed by atoms with E-state index in [0.717, 1.165) is 24.6 Å². The molecule has 1 aliphatic heterocycles. The van der Waals surface area contributed by atoms with Gasteiger partial charge in [0.15, 0.2) is 11.5 Å². The van der Waals surface area contributed by atoms with E-state index < -0.39 is 0 Å². The molecule has 4 heteroatoms. The number of piperidine rings is 1. The van der Waals surface area contributed by atoms with Crippen LogP contribution in [0.5, 0.6) is 11.5 Å². The Balaban J connectivity index is 2.19. The van der Waals surface area contributed by atoms with E-state index in [9.17, 15) is 0 Å². The molecule has 1 aliphatic rings. The van der Waals surface area contributed by atoms with Gasteiger partial charge in [-0.15, -0.1) is 0 Å². The molecule has 2 rings (SSSR count). The Morgan fingerprint density at radius 1 is 1.30 bits per heavy atom. The Labute approximate surface area is 121 Å². The van der Waals surface area contributed by atoms with Crippen LogP contribution in [0.4, 0.5) is 0 Å². The Kier molecular flexibility index (Phi) is 5.26. The number of nitrogens with zero attached hydrogens (tertiary/aromatic N) is 1. The first-order valence-corrected chi connectivity index (χ1v) is 7.37. The van der Waals surface area contributed by atoms with Crippen LogP contribution in [-0.2, 0) is 6.54 Å². The van der Waals surface area contributed by atoms with Crippen LogP contribution in [0.3, 0.4) is 0 Å². The summed E-state index contributed by atoms with van der Waals surface area (Å²) in [7, 11) is 3.37. The second kappa shape index (κ2) is 6.95. The lowest BCUT2D eigenvalue weighted by molar-refractivity contribution is 0.121. The van der Waals surface area contributed by atoms with Crippen molar-refractivity contribution in [2.75, 3.05) is 20.8 Å². The minimum absolute atomic E-state index is 0.201. The molecule has 0 aromatic heterocycles. The van der Waals surface area contributed by atoms with Crippen LogP contribution in [0.25, 0.3) is 0 Å². The van der Waals surface area contributed by atoms with E-state index >= 15 is 0 Å². The highest BCUT2D eigenvalue weighted by molar-refractivity contribution is 5.46. The number of methoxy groups -OCH3 is 2.